The number of carbonyl (C=O) groups is 2. The van der Waals surface area contributed by atoms with Crippen LogP contribution < -0.4 is 15.4 Å². The normalized spacial score (nSPS) is 12.9. The van der Waals surface area contributed by atoms with E-state index >= 15 is 0 Å². The maximum absolute atomic E-state index is 12.8. The molecule has 1 atom stereocenters. The predicted octanol–water partition coefficient (Wildman–Crippen LogP) is 2.12. The van der Waals surface area contributed by atoms with Gasteiger partial charge in [0.1, 0.15) is 10.9 Å². The molecule has 1 rings (SSSR count). The molecule has 0 aliphatic heterocycles. The fraction of sp³-hybridized carbons (Fsp3) is 0.556. The summed E-state index contributed by atoms with van der Waals surface area (Å²) in [5.41, 5.74) is 0.722. The van der Waals surface area contributed by atoms with Crippen molar-refractivity contribution in [1.29, 1.82) is 0 Å². The number of carbonyl (C=O) groups excluding carboxylic acids is 2. The fourth-order valence-electron chi connectivity index (χ4n) is 2.37. The molecule has 0 saturated carbocycles. The first kappa shape index (κ1) is 23.4. The van der Waals surface area contributed by atoms with E-state index in [4.69, 9.17) is 11.6 Å². The van der Waals surface area contributed by atoms with E-state index in [9.17, 15) is 18.0 Å². The second kappa shape index (κ2) is 10.1. The van der Waals surface area contributed by atoms with Crippen molar-refractivity contribution in [2.75, 3.05) is 0 Å². The van der Waals surface area contributed by atoms with Crippen LogP contribution in [0.25, 0.3) is 0 Å². The molecule has 0 spiro atoms. The summed E-state index contributed by atoms with van der Waals surface area (Å²) in [6.07, 6.45) is 0.0399. The molecule has 3 N–H and O–H groups in total. The number of sulfonamides is 1. The van der Waals surface area contributed by atoms with Crippen LogP contribution in [0.4, 0.5) is 0 Å². The Morgan fingerprint density at radius 1 is 1.07 bits per heavy atom. The second-order valence-corrected chi connectivity index (χ2v) is 9.12. The highest BCUT2D eigenvalue weighted by molar-refractivity contribution is 7.89. The number of nitrogens with one attached hydrogen (secondary N) is 3. The third kappa shape index (κ3) is 7.86. The quantitative estimate of drug-likeness (QED) is 0.572. The maximum Gasteiger partial charge on any atom is 0.242 e. The van der Waals surface area contributed by atoms with Gasteiger partial charge < -0.3 is 10.6 Å². The van der Waals surface area contributed by atoms with Crippen molar-refractivity contribution in [3.63, 3.8) is 0 Å². The van der Waals surface area contributed by atoms with Crippen molar-refractivity contribution in [1.82, 2.24) is 15.4 Å². The Morgan fingerprint density at radius 3 is 2.22 bits per heavy atom. The Labute approximate surface area is 166 Å². The molecule has 0 aliphatic carbocycles. The van der Waals surface area contributed by atoms with Gasteiger partial charge in [-0.25, -0.2) is 8.42 Å². The van der Waals surface area contributed by atoms with Crippen molar-refractivity contribution < 1.29 is 18.0 Å². The molecule has 0 heterocycles. The van der Waals surface area contributed by atoms with Gasteiger partial charge in [0.05, 0.1) is 5.02 Å². The van der Waals surface area contributed by atoms with Gasteiger partial charge in [-0.3, -0.25) is 9.59 Å². The lowest BCUT2D eigenvalue weighted by molar-refractivity contribution is -0.124. The van der Waals surface area contributed by atoms with E-state index in [0.717, 1.165) is 5.56 Å². The largest absolute Gasteiger partial charge is 0.354 e. The van der Waals surface area contributed by atoms with Gasteiger partial charge in [-0.1, -0.05) is 17.7 Å². The first-order chi connectivity index (χ1) is 12.4. The minimum absolute atomic E-state index is 0.0123. The van der Waals surface area contributed by atoms with Gasteiger partial charge in [0.15, 0.2) is 0 Å². The summed E-state index contributed by atoms with van der Waals surface area (Å²) in [7, 11) is -4.04. The number of benzene rings is 1. The lowest BCUT2D eigenvalue weighted by Gasteiger charge is -2.20. The molecule has 2 amide bonds. The molecule has 9 heteroatoms. The Balaban J connectivity index is 3.02. The molecule has 0 aromatic heterocycles. The van der Waals surface area contributed by atoms with Gasteiger partial charge in [0.25, 0.3) is 0 Å². The molecular weight excluding hydrogens is 390 g/mol. The number of amides is 2. The topological polar surface area (TPSA) is 104 Å². The molecule has 0 aliphatic rings. The molecule has 152 valence electrons. The van der Waals surface area contributed by atoms with E-state index in [2.05, 4.69) is 15.4 Å². The molecule has 0 bridgehead atoms. The third-order valence-electron chi connectivity index (χ3n) is 3.53. The fourth-order valence-corrected chi connectivity index (χ4v) is 4.18. The van der Waals surface area contributed by atoms with E-state index in [1.165, 1.54) is 12.1 Å². The lowest BCUT2D eigenvalue weighted by atomic mass is 10.1. The Morgan fingerprint density at radius 2 is 1.67 bits per heavy atom. The van der Waals surface area contributed by atoms with Crippen molar-refractivity contribution >= 4 is 33.4 Å². The average Bonchev–Trinajstić information content (AvgIpc) is 2.52. The van der Waals surface area contributed by atoms with Crippen molar-refractivity contribution in [2.24, 2.45) is 0 Å². The Kier molecular flexibility index (Phi) is 8.71. The van der Waals surface area contributed by atoms with Crippen LogP contribution in [0.3, 0.4) is 0 Å². The van der Waals surface area contributed by atoms with Gasteiger partial charge in [-0.05, 0) is 58.7 Å². The lowest BCUT2D eigenvalue weighted by Crippen LogP contribution is -2.49. The van der Waals surface area contributed by atoms with Crippen LogP contribution in [-0.4, -0.2) is 38.4 Å². The van der Waals surface area contributed by atoms with E-state index in [0.29, 0.717) is 0 Å². The predicted molar refractivity (Wildman–Crippen MR) is 106 cm³/mol. The Hall–Kier alpha value is -1.64. The summed E-state index contributed by atoms with van der Waals surface area (Å²) in [4.78, 5) is 24.2. The average molecular weight is 418 g/mol. The minimum atomic E-state index is -4.04. The molecule has 0 saturated heterocycles. The molecule has 1 aromatic carbocycles. The summed E-state index contributed by atoms with van der Waals surface area (Å²) < 4.78 is 27.9. The number of halogens is 1. The van der Waals surface area contributed by atoms with Crippen LogP contribution in [0, 0.1) is 6.92 Å². The Bertz CT molecular complexity index is 779. The zero-order chi connectivity index (χ0) is 20.8. The highest BCUT2D eigenvalue weighted by Crippen LogP contribution is 2.23. The SMILES string of the molecule is Cc1ccc(Cl)c(S(=O)(=O)NC(CCC(=O)NC(C)C)C(=O)NC(C)C)c1. The van der Waals surface area contributed by atoms with E-state index in [1.54, 1.807) is 26.8 Å². The zero-order valence-electron chi connectivity index (χ0n) is 16.3. The number of hydrogen-bond acceptors (Lipinski definition) is 4. The van der Waals surface area contributed by atoms with Gasteiger partial charge in [0, 0.05) is 18.5 Å². The highest BCUT2D eigenvalue weighted by Gasteiger charge is 2.28. The number of hydrogen-bond donors (Lipinski definition) is 3. The summed E-state index contributed by atoms with van der Waals surface area (Å²) >= 11 is 6.03. The minimum Gasteiger partial charge on any atom is -0.354 e. The molecule has 0 radical (unpaired) electrons. The van der Waals surface area contributed by atoms with Gasteiger partial charge >= 0.3 is 0 Å². The van der Waals surface area contributed by atoms with E-state index in [1.807, 2.05) is 13.8 Å². The van der Waals surface area contributed by atoms with Crippen LogP contribution in [0.5, 0.6) is 0 Å². The smallest absolute Gasteiger partial charge is 0.242 e. The van der Waals surface area contributed by atoms with Crippen LogP contribution in [-0.2, 0) is 19.6 Å². The molecule has 1 unspecified atom stereocenters. The molecule has 1 aromatic rings. The van der Waals surface area contributed by atoms with Crippen LogP contribution in [0.15, 0.2) is 23.1 Å². The highest BCUT2D eigenvalue weighted by atomic mass is 35.5. The standard InChI is InChI=1S/C18H28ClN3O4S/c1-11(2)20-17(23)9-8-15(18(24)21-12(3)4)22-27(25,26)16-10-13(5)6-7-14(16)19/h6-7,10-12,15,22H,8-9H2,1-5H3,(H,20,23)(H,21,24). The molecule has 0 fully saturated rings. The maximum atomic E-state index is 12.8. The van der Waals surface area contributed by atoms with Crippen molar-refractivity contribution in [2.45, 2.75) is 70.5 Å². The van der Waals surface area contributed by atoms with Crippen LogP contribution in [0.1, 0.15) is 46.1 Å². The summed E-state index contributed by atoms with van der Waals surface area (Å²) in [5, 5.41) is 5.46. The van der Waals surface area contributed by atoms with Gasteiger partial charge in [-0.2, -0.15) is 4.72 Å². The summed E-state index contributed by atoms with van der Waals surface area (Å²) in [6.45, 7) is 8.93. The van der Waals surface area contributed by atoms with Crippen molar-refractivity contribution in [3.8, 4) is 0 Å². The van der Waals surface area contributed by atoms with Crippen molar-refractivity contribution in [3.05, 3.63) is 28.8 Å². The second-order valence-electron chi connectivity index (χ2n) is 7.03. The van der Waals surface area contributed by atoms with Gasteiger partial charge in [0.2, 0.25) is 21.8 Å². The third-order valence-corrected chi connectivity index (χ3v) is 5.48. The van der Waals surface area contributed by atoms with E-state index < -0.39 is 22.0 Å². The molecular formula is C18H28ClN3O4S. The first-order valence-electron chi connectivity index (χ1n) is 8.80. The van der Waals surface area contributed by atoms with E-state index in [-0.39, 0.29) is 40.8 Å². The number of rotatable bonds is 9. The monoisotopic (exact) mass is 417 g/mol. The van der Waals surface area contributed by atoms with Crippen LogP contribution >= 0.6 is 11.6 Å². The summed E-state index contributed by atoms with van der Waals surface area (Å²) in [5.74, 6) is -0.741. The van der Waals surface area contributed by atoms with Crippen LogP contribution in [0.2, 0.25) is 5.02 Å². The number of aryl methyl sites for hydroxylation is 1. The first-order valence-corrected chi connectivity index (χ1v) is 10.7. The zero-order valence-corrected chi connectivity index (χ0v) is 17.9. The summed E-state index contributed by atoms with van der Waals surface area (Å²) in [6, 6.07) is 3.32. The molecule has 7 nitrogen and oxygen atoms in total. The molecule has 27 heavy (non-hydrogen) atoms. The van der Waals surface area contributed by atoms with Gasteiger partial charge in [-0.15, -0.1) is 0 Å².